The van der Waals surface area contributed by atoms with Gasteiger partial charge in [-0.15, -0.1) is 0 Å². The molecule has 3 aromatic rings. The number of carbonyl (C=O) groups is 3. The van der Waals surface area contributed by atoms with Crippen LogP contribution in [0.5, 0.6) is 0 Å². The normalized spacial score (nSPS) is 18.1. The van der Waals surface area contributed by atoms with E-state index in [4.69, 9.17) is 4.74 Å². The number of aliphatic hydroxyl groups is 1. The third-order valence-corrected chi connectivity index (χ3v) is 6.23. The lowest BCUT2D eigenvalue weighted by molar-refractivity contribution is -0.159. The first-order valence-electron chi connectivity index (χ1n) is 12.3. The van der Waals surface area contributed by atoms with Crippen molar-refractivity contribution in [1.82, 2.24) is 16.0 Å². The lowest BCUT2D eigenvalue weighted by atomic mass is 10.0. The van der Waals surface area contributed by atoms with E-state index in [1.807, 2.05) is 91.0 Å². The molecule has 0 bridgehead atoms. The van der Waals surface area contributed by atoms with Gasteiger partial charge in [-0.05, 0) is 23.1 Å². The van der Waals surface area contributed by atoms with Gasteiger partial charge in [0, 0.05) is 12.8 Å². The molecule has 1 saturated heterocycles. The first-order valence-corrected chi connectivity index (χ1v) is 12.3. The molecule has 0 aromatic heterocycles. The molecule has 0 radical (unpaired) electrons. The minimum Gasteiger partial charge on any atom is -0.393 e. The number of nitrogens with one attached hydrogen (secondary N) is 3. The van der Waals surface area contributed by atoms with Crippen LogP contribution in [0.4, 0.5) is 0 Å². The lowest BCUT2D eigenvalue weighted by Crippen LogP contribution is -2.71. The van der Waals surface area contributed by atoms with Crippen LogP contribution in [0.2, 0.25) is 0 Å². The van der Waals surface area contributed by atoms with Crippen molar-refractivity contribution < 1.29 is 24.2 Å². The molecule has 8 nitrogen and oxygen atoms in total. The van der Waals surface area contributed by atoms with Gasteiger partial charge in [-0.25, -0.2) is 0 Å². The Morgan fingerprint density at radius 2 is 1.49 bits per heavy atom. The van der Waals surface area contributed by atoms with Gasteiger partial charge in [0.1, 0.15) is 12.1 Å². The molecule has 0 aliphatic carbocycles. The van der Waals surface area contributed by atoms with Crippen LogP contribution in [0.1, 0.15) is 29.2 Å². The van der Waals surface area contributed by atoms with E-state index in [1.54, 1.807) is 0 Å². The Morgan fingerprint density at radius 1 is 0.892 bits per heavy atom. The molecule has 37 heavy (non-hydrogen) atoms. The second-order valence-electron chi connectivity index (χ2n) is 8.93. The molecule has 4 N–H and O–H groups in total. The van der Waals surface area contributed by atoms with E-state index >= 15 is 0 Å². The maximum Gasteiger partial charge on any atom is 0.249 e. The highest BCUT2D eigenvalue weighted by molar-refractivity contribution is 5.95. The SMILES string of the molecule is O=C(CCc1ccccc1)N[C@@H](Cc1ccccc1)C(=O)N[C@@H]1C(=O)N[C@@H]1OC(CO)c1ccccc1. The second-order valence-corrected chi connectivity index (χ2v) is 8.93. The number of hydrogen-bond donors (Lipinski definition) is 4. The van der Waals surface area contributed by atoms with E-state index in [1.165, 1.54) is 0 Å². The van der Waals surface area contributed by atoms with Gasteiger partial charge in [-0.3, -0.25) is 14.4 Å². The van der Waals surface area contributed by atoms with E-state index in [0.29, 0.717) is 6.42 Å². The van der Waals surface area contributed by atoms with Crippen molar-refractivity contribution in [2.75, 3.05) is 6.61 Å². The Morgan fingerprint density at radius 3 is 2.08 bits per heavy atom. The molecule has 1 aliphatic heterocycles. The summed E-state index contributed by atoms with van der Waals surface area (Å²) in [7, 11) is 0. The largest absolute Gasteiger partial charge is 0.393 e. The average Bonchev–Trinajstić information content (AvgIpc) is 2.94. The fraction of sp³-hybridized carbons (Fsp3) is 0.276. The Kier molecular flexibility index (Phi) is 9.02. The molecule has 0 saturated carbocycles. The van der Waals surface area contributed by atoms with Gasteiger partial charge in [0.2, 0.25) is 17.7 Å². The number of hydrogen-bond acceptors (Lipinski definition) is 5. The van der Waals surface area contributed by atoms with E-state index in [2.05, 4.69) is 16.0 Å². The van der Waals surface area contributed by atoms with Crippen LogP contribution < -0.4 is 16.0 Å². The number of amides is 3. The summed E-state index contributed by atoms with van der Waals surface area (Å²) in [6.07, 6.45) is -0.417. The molecule has 1 fully saturated rings. The summed E-state index contributed by atoms with van der Waals surface area (Å²) >= 11 is 0. The number of β-lactam (4-membered cyclic amide) rings is 1. The average molecular weight is 502 g/mol. The molecule has 192 valence electrons. The first kappa shape index (κ1) is 26.1. The summed E-state index contributed by atoms with van der Waals surface area (Å²) in [5.74, 6) is -1.13. The minimum atomic E-state index is -0.940. The summed E-state index contributed by atoms with van der Waals surface area (Å²) in [5.41, 5.74) is 2.66. The van der Waals surface area contributed by atoms with E-state index in [0.717, 1.165) is 16.7 Å². The van der Waals surface area contributed by atoms with Gasteiger partial charge in [-0.1, -0.05) is 91.0 Å². The van der Waals surface area contributed by atoms with Crippen molar-refractivity contribution in [2.24, 2.45) is 0 Å². The smallest absolute Gasteiger partial charge is 0.249 e. The maximum atomic E-state index is 13.3. The van der Waals surface area contributed by atoms with Crippen molar-refractivity contribution in [2.45, 2.75) is 43.7 Å². The summed E-state index contributed by atoms with van der Waals surface area (Å²) < 4.78 is 5.89. The zero-order valence-corrected chi connectivity index (χ0v) is 20.4. The third-order valence-electron chi connectivity index (χ3n) is 6.23. The van der Waals surface area contributed by atoms with Crippen LogP contribution in [0.15, 0.2) is 91.0 Å². The number of ether oxygens (including phenoxy) is 1. The Bertz CT molecular complexity index is 1170. The maximum absolute atomic E-state index is 13.3. The molecule has 4 atom stereocenters. The van der Waals surface area contributed by atoms with Crippen LogP contribution in [0.25, 0.3) is 0 Å². The highest BCUT2D eigenvalue weighted by Crippen LogP contribution is 2.22. The predicted octanol–water partition coefficient (Wildman–Crippen LogP) is 2.04. The topological polar surface area (TPSA) is 117 Å². The predicted molar refractivity (Wildman–Crippen MR) is 138 cm³/mol. The minimum absolute atomic E-state index is 0.230. The number of aliphatic hydroxyl groups excluding tert-OH is 1. The molecule has 8 heteroatoms. The number of rotatable bonds is 12. The van der Waals surface area contributed by atoms with Crippen LogP contribution in [0.3, 0.4) is 0 Å². The van der Waals surface area contributed by atoms with Crippen molar-refractivity contribution in [3.05, 3.63) is 108 Å². The van der Waals surface area contributed by atoms with Crippen molar-refractivity contribution in [3.63, 3.8) is 0 Å². The molecule has 4 rings (SSSR count). The third kappa shape index (κ3) is 7.25. The van der Waals surface area contributed by atoms with Gasteiger partial charge in [0.05, 0.1) is 6.61 Å². The van der Waals surface area contributed by atoms with Crippen molar-refractivity contribution in [1.29, 1.82) is 0 Å². The van der Waals surface area contributed by atoms with Crippen LogP contribution in [-0.2, 0) is 32.0 Å². The fourth-order valence-electron chi connectivity index (χ4n) is 4.16. The Hall–Kier alpha value is -4.01. The van der Waals surface area contributed by atoms with Gasteiger partial charge < -0.3 is 25.8 Å². The quantitative estimate of drug-likeness (QED) is 0.284. The van der Waals surface area contributed by atoms with Gasteiger partial charge in [0.25, 0.3) is 0 Å². The molecular formula is C29H31N3O5. The van der Waals surface area contributed by atoms with Gasteiger partial charge >= 0.3 is 0 Å². The van der Waals surface area contributed by atoms with Crippen LogP contribution in [-0.4, -0.2) is 47.7 Å². The molecular weight excluding hydrogens is 470 g/mol. The number of aryl methyl sites for hydroxylation is 1. The summed E-state index contributed by atoms with van der Waals surface area (Å²) in [5, 5.41) is 18.0. The van der Waals surface area contributed by atoms with E-state index < -0.39 is 36.2 Å². The van der Waals surface area contributed by atoms with Crippen LogP contribution >= 0.6 is 0 Å². The molecule has 1 unspecified atom stereocenters. The lowest BCUT2D eigenvalue weighted by Gasteiger charge is -2.39. The van der Waals surface area contributed by atoms with Gasteiger partial charge in [-0.2, -0.15) is 0 Å². The molecule has 3 aromatic carbocycles. The second kappa shape index (κ2) is 12.8. The standard InChI is InChI=1S/C29H31N3O5/c33-19-24(22-14-8-3-9-15-22)37-29-26(28(36)32-29)31-27(35)23(18-21-12-6-2-7-13-21)30-25(34)17-16-20-10-4-1-5-11-20/h1-15,23-24,26,29,33H,16-19H2,(H,30,34)(H,31,35)(H,32,36)/t23-,24?,26+,29+/m0/s1. The van der Waals surface area contributed by atoms with Crippen molar-refractivity contribution >= 4 is 17.7 Å². The summed E-state index contributed by atoms with van der Waals surface area (Å²) in [4.78, 5) is 38.3. The Balaban J connectivity index is 1.40. The van der Waals surface area contributed by atoms with Gasteiger partial charge in [0.15, 0.2) is 12.3 Å². The monoisotopic (exact) mass is 501 g/mol. The van der Waals surface area contributed by atoms with E-state index in [-0.39, 0.29) is 25.4 Å². The molecule has 1 aliphatic rings. The molecule has 0 spiro atoms. The fourth-order valence-corrected chi connectivity index (χ4v) is 4.16. The van der Waals surface area contributed by atoms with Crippen molar-refractivity contribution in [3.8, 4) is 0 Å². The number of carbonyl (C=O) groups excluding carboxylic acids is 3. The number of benzene rings is 3. The highest BCUT2D eigenvalue weighted by atomic mass is 16.5. The van der Waals surface area contributed by atoms with Crippen LogP contribution in [0, 0.1) is 0 Å². The Labute approximate surface area is 216 Å². The molecule has 1 heterocycles. The summed E-state index contributed by atoms with van der Waals surface area (Å²) in [6.45, 7) is -0.287. The summed E-state index contributed by atoms with van der Waals surface area (Å²) in [6, 6.07) is 26.3. The molecule has 3 amide bonds. The van der Waals surface area contributed by atoms with E-state index in [9.17, 15) is 19.5 Å². The highest BCUT2D eigenvalue weighted by Gasteiger charge is 2.43. The zero-order chi connectivity index (χ0) is 26.0. The first-order chi connectivity index (χ1) is 18.0. The zero-order valence-electron chi connectivity index (χ0n) is 20.4.